The Morgan fingerprint density at radius 1 is 1.17 bits per heavy atom. The van der Waals surface area contributed by atoms with E-state index in [9.17, 15) is 4.79 Å². The van der Waals surface area contributed by atoms with E-state index in [2.05, 4.69) is 6.07 Å². The Hall–Kier alpha value is -2.33. The number of carbonyl (C=O) groups excluding carboxylic acids is 1. The number of hydrogen-bond acceptors (Lipinski definition) is 4. The van der Waals surface area contributed by atoms with E-state index in [1.165, 1.54) is 0 Å². The van der Waals surface area contributed by atoms with Crippen molar-refractivity contribution >= 4 is 5.97 Å². The van der Waals surface area contributed by atoms with Crippen molar-refractivity contribution in [2.24, 2.45) is 5.73 Å². The lowest BCUT2D eigenvalue weighted by molar-refractivity contribution is -0.143. The van der Waals surface area contributed by atoms with E-state index in [1.54, 1.807) is 14.0 Å². The molecule has 0 spiro atoms. The zero-order chi connectivity index (χ0) is 16.8. The molecule has 0 saturated carbocycles. The predicted octanol–water partition coefficient (Wildman–Crippen LogP) is 3.62. The van der Waals surface area contributed by atoms with Gasteiger partial charge in [-0.15, -0.1) is 0 Å². The Bertz CT molecular complexity index is 682. The van der Waals surface area contributed by atoms with Crippen LogP contribution in [0, 0.1) is 6.92 Å². The summed E-state index contributed by atoms with van der Waals surface area (Å²) < 4.78 is 10.3. The van der Waals surface area contributed by atoms with Crippen LogP contribution in [-0.2, 0) is 9.53 Å². The van der Waals surface area contributed by atoms with Gasteiger partial charge in [-0.2, -0.15) is 0 Å². The van der Waals surface area contributed by atoms with Crippen molar-refractivity contribution in [1.29, 1.82) is 0 Å². The van der Waals surface area contributed by atoms with E-state index in [-0.39, 0.29) is 18.4 Å². The van der Waals surface area contributed by atoms with Crippen LogP contribution in [0.15, 0.2) is 42.5 Å². The maximum absolute atomic E-state index is 11.6. The van der Waals surface area contributed by atoms with Crippen molar-refractivity contribution in [1.82, 2.24) is 0 Å². The predicted molar refractivity (Wildman–Crippen MR) is 91.3 cm³/mol. The number of carbonyl (C=O) groups is 1. The van der Waals surface area contributed by atoms with E-state index in [4.69, 9.17) is 15.2 Å². The van der Waals surface area contributed by atoms with Crippen LogP contribution in [0.2, 0.25) is 0 Å². The van der Waals surface area contributed by atoms with Crippen LogP contribution in [0.25, 0.3) is 11.1 Å². The molecule has 0 unspecified atom stereocenters. The first-order chi connectivity index (χ1) is 11.0. The van der Waals surface area contributed by atoms with E-state index in [0.29, 0.717) is 6.61 Å². The van der Waals surface area contributed by atoms with Crippen molar-refractivity contribution in [3.8, 4) is 16.9 Å². The van der Waals surface area contributed by atoms with Gasteiger partial charge in [0.15, 0.2) is 0 Å². The Labute approximate surface area is 137 Å². The summed E-state index contributed by atoms with van der Waals surface area (Å²) in [4.78, 5) is 11.6. The molecule has 23 heavy (non-hydrogen) atoms. The van der Waals surface area contributed by atoms with Gasteiger partial charge >= 0.3 is 5.97 Å². The number of rotatable bonds is 6. The molecular formula is C19H23NO3. The molecule has 0 fully saturated rings. The number of nitrogens with two attached hydrogens (primary N) is 1. The molecule has 122 valence electrons. The van der Waals surface area contributed by atoms with Gasteiger partial charge < -0.3 is 15.2 Å². The smallest absolute Gasteiger partial charge is 0.307 e. The van der Waals surface area contributed by atoms with E-state index >= 15 is 0 Å². The molecule has 0 aliphatic rings. The van der Waals surface area contributed by atoms with Crippen molar-refractivity contribution in [3.63, 3.8) is 0 Å². The van der Waals surface area contributed by atoms with Gasteiger partial charge in [0.25, 0.3) is 0 Å². The highest BCUT2D eigenvalue weighted by Gasteiger charge is 2.14. The molecule has 0 aromatic heterocycles. The summed E-state index contributed by atoms with van der Waals surface area (Å²) >= 11 is 0. The number of aryl methyl sites for hydroxylation is 1. The number of methoxy groups -OCH3 is 1. The molecule has 0 aliphatic carbocycles. The second-order valence-electron chi connectivity index (χ2n) is 5.48. The molecular weight excluding hydrogens is 290 g/mol. The summed E-state index contributed by atoms with van der Waals surface area (Å²) in [6.45, 7) is 4.18. The number of ether oxygens (including phenoxy) is 2. The average molecular weight is 313 g/mol. The molecule has 0 saturated heterocycles. The van der Waals surface area contributed by atoms with Crippen LogP contribution in [0.3, 0.4) is 0 Å². The summed E-state index contributed by atoms with van der Waals surface area (Å²) in [5.41, 5.74) is 10.3. The fourth-order valence-corrected chi connectivity index (χ4v) is 2.51. The van der Waals surface area contributed by atoms with Crippen LogP contribution in [0.1, 0.15) is 30.5 Å². The van der Waals surface area contributed by atoms with Gasteiger partial charge in [-0.25, -0.2) is 0 Å². The van der Waals surface area contributed by atoms with Gasteiger partial charge in [-0.3, -0.25) is 4.79 Å². The summed E-state index contributed by atoms with van der Waals surface area (Å²) in [6, 6.07) is 13.6. The Kier molecular flexibility index (Phi) is 5.77. The summed E-state index contributed by atoms with van der Waals surface area (Å²) in [5, 5.41) is 0. The third-order valence-corrected chi connectivity index (χ3v) is 3.62. The molecule has 0 bridgehead atoms. The highest BCUT2D eigenvalue weighted by atomic mass is 16.5. The second-order valence-corrected chi connectivity index (χ2v) is 5.48. The van der Waals surface area contributed by atoms with Crippen LogP contribution >= 0.6 is 0 Å². The van der Waals surface area contributed by atoms with Crippen LogP contribution in [0.5, 0.6) is 5.75 Å². The van der Waals surface area contributed by atoms with E-state index in [1.807, 2.05) is 43.3 Å². The molecule has 4 heteroatoms. The molecule has 1 atom stereocenters. The molecule has 0 heterocycles. The monoisotopic (exact) mass is 313 g/mol. The summed E-state index contributed by atoms with van der Waals surface area (Å²) in [7, 11) is 1.65. The molecule has 4 nitrogen and oxygen atoms in total. The third-order valence-electron chi connectivity index (χ3n) is 3.62. The first-order valence-corrected chi connectivity index (χ1v) is 7.70. The molecule has 2 aromatic carbocycles. The zero-order valence-electron chi connectivity index (χ0n) is 13.8. The third kappa shape index (κ3) is 4.57. The Morgan fingerprint density at radius 2 is 1.96 bits per heavy atom. The van der Waals surface area contributed by atoms with Crippen molar-refractivity contribution in [3.05, 3.63) is 53.6 Å². The van der Waals surface area contributed by atoms with Gasteiger partial charge in [0, 0.05) is 6.04 Å². The van der Waals surface area contributed by atoms with Crippen molar-refractivity contribution < 1.29 is 14.3 Å². The Morgan fingerprint density at radius 3 is 2.65 bits per heavy atom. The molecule has 0 radical (unpaired) electrons. The quantitative estimate of drug-likeness (QED) is 0.827. The summed E-state index contributed by atoms with van der Waals surface area (Å²) in [5.74, 6) is 0.533. The average Bonchev–Trinajstić information content (AvgIpc) is 2.54. The summed E-state index contributed by atoms with van der Waals surface area (Å²) in [6.07, 6.45) is 0.175. The minimum absolute atomic E-state index is 0.175. The topological polar surface area (TPSA) is 61.5 Å². The highest BCUT2D eigenvalue weighted by Crippen LogP contribution is 2.28. The van der Waals surface area contributed by atoms with Crippen LogP contribution in [-0.4, -0.2) is 19.7 Å². The van der Waals surface area contributed by atoms with Crippen LogP contribution in [0.4, 0.5) is 0 Å². The van der Waals surface area contributed by atoms with Crippen molar-refractivity contribution in [2.75, 3.05) is 13.7 Å². The normalized spacial score (nSPS) is 11.8. The standard InChI is InChI=1S/C19H23NO3/c1-4-23-19(21)12-18(20)16-9-13(2)8-15(10-16)14-6-5-7-17(11-14)22-3/h5-11,18H,4,12,20H2,1-3H3/t18-/m0/s1. The minimum Gasteiger partial charge on any atom is -0.497 e. The number of hydrogen-bond donors (Lipinski definition) is 1. The van der Waals surface area contributed by atoms with Gasteiger partial charge in [-0.1, -0.05) is 29.8 Å². The Balaban J connectivity index is 2.29. The molecule has 2 aromatic rings. The largest absolute Gasteiger partial charge is 0.497 e. The first-order valence-electron chi connectivity index (χ1n) is 7.70. The van der Waals surface area contributed by atoms with E-state index in [0.717, 1.165) is 28.0 Å². The lowest BCUT2D eigenvalue weighted by atomic mass is 9.96. The molecule has 0 amide bonds. The second kappa shape index (κ2) is 7.79. The van der Waals surface area contributed by atoms with Gasteiger partial charge in [0.2, 0.25) is 0 Å². The highest BCUT2D eigenvalue weighted by molar-refractivity contribution is 5.71. The number of benzene rings is 2. The van der Waals surface area contributed by atoms with Crippen molar-refractivity contribution in [2.45, 2.75) is 26.3 Å². The fourth-order valence-electron chi connectivity index (χ4n) is 2.51. The SMILES string of the molecule is CCOC(=O)C[C@H](N)c1cc(C)cc(-c2cccc(OC)c2)c1. The zero-order valence-corrected chi connectivity index (χ0v) is 13.8. The van der Waals surface area contributed by atoms with Gasteiger partial charge in [0.05, 0.1) is 20.1 Å². The van der Waals surface area contributed by atoms with Gasteiger partial charge in [-0.05, 0) is 48.7 Å². The van der Waals surface area contributed by atoms with E-state index < -0.39 is 0 Å². The number of esters is 1. The molecule has 2 rings (SSSR count). The first kappa shape index (κ1) is 17.0. The van der Waals surface area contributed by atoms with Crippen LogP contribution < -0.4 is 10.5 Å². The maximum Gasteiger partial charge on any atom is 0.307 e. The fraction of sp³-hybridized carbons (Fsp3) is 0.316. The molecule has 2 N–H and O–H groups in total. The lowest BCUT2D eigenvalue weighted by Crippen LogP contribution is -2.17. The molecule has 0 aliphatic heterocycles. The minimum atomic E-state index is -0.377. The maximum atomic E-state index is 11.6. The van der Waals surface area contributed by atoms with Gasteiger partial charge in [0.1, 0.15) is 5.75 Å². The lowest BCUT2D eigenvalue weighted by Gasteiger charge is -2.14.